The minimum absolute atomic E-state index is 0.00135. The lowest BCUT2D eigenvalue weighted by atomic mass is 9.89. The summed E-state index contributed by atoms with van der Waals surface area (Å²) in [5.41, 5.74) is 5.77. The van der Waals surface area contributed by atoms with E-state index in [1.165, 1.54) is 32.2 Å². The zero-order valence-corrected chi connectivity index (χ0v) is 11.8. The van der Waals surface area contributed by atoms with Crippen LogP contribution in [-0.2, 0) is 0 Å². The van der Waals surface area contributed by atoms with Crippen LogP contribution in [0.25, 0.3) is 0 Å². The second-order valence-corrected chi connectivity index (χ2v) is 6.17. The molecule has 0 aromatic rings. The van der Waals surface area contributed by atoms with Crippen molar-refractivity contribution in [1.82, 2.24) is 4.90 Å². The van der Waals surface area contributed by atoms with Crippen molar-refractivity contribution in [3.63, 3.8) is 0 Å². The molecular weight excluding hydrogens is 216 g/mol. The van der Waals surface area contributed by atoms with Gasteiger partial charge >= 0.3 is 0 Å². The van der Waals surface area contributed by atoms with E-state index in [0.29, 0.717) is 4.99 Å². The van der Waals surface area contributed by atoms with Gasteiger partial charge in [0, 0.05) is 11.5 Å². The van der Waals surface area contributed by atoms with Gasteiger partial charge in [0.2, 0.25) is 0 Å². The van der Waals surface area contributed by atoms with Gasteiger partial charge in [-0.05, 0) is 39.3 Å². The number of hydrogen-bond acceptors (Lipinski definition) is 2. The van der Waals surface area contributed by atoms with E-state index >= 15 is 0 Å². The third-order valence-electron chi connectivity index (χ3n) is 3.88. The molecule has 1 heterocycles. The van der Waals surface area contributed by atoms with Crippen LogP contribution in [-0.4, -0.2) is 29.0 Å². The van der Waals surface area contributed by atoms with Gasteiger partial charge in [-0.25, -0.2) is 0 Å². The molecule has 0 bridgehead atoms. The van der Waals surface area contributed by atoms with Crippen molar-refractivity contribution >= 4 is 17.2 Å². The monoisotopic (exact) mass is 242 g/mol. The minimum Gasteiger partial charge on any atom is -0.393 e. The molecule has 3 heteroatoms. The Morgan fingerprint density at radius 3 is 2.69 bits per heavy atom. The van der Waals surface area contributed by atoms with Crippen LogP contribution in [0.15, 0.2) is 0 Å². The van der Waals surface area contributed by atoms with Crippen LogP contribution in [0.2, 0.25) is 0 Å². The summed E-state index contributed by atoms with van der Waals surface area (Å²) in [6.07, 6.45) is 6.54. The molecule has 1 aliphatic rings. The summed E-state index contributed by atoms with van der Waals surface area (Å²) in [5, 5.41) is 0. The molecule has 0 aromatic heterocycles. The summed E-state index contributed by atoms with van der Waals surface area (Å²) in [5.74, 6) is 0. The number of nitrogens with two attached hydrogens (primary N) is 1. The van der Waals surface area contributed by atoms with E-state index in [2.05, 4.69) is 25.7 Å². The number of nitrogens with zero attached hydrogens (tertiary/aromatic N) is 1. The number of hydrogen-bond donors (Lipinski definition) is 1. The molecule has 1 fully saturated rings. The molecule has 1 unspecified atom stereocenters. The van der Waals surface area contributed by atoms with E-state index < -0.39 is 0 Å². The van der Waals surface area contributed by atoms with E-state index in [0.717, 1.165) is 19.0 Å². The van der Waals surface area contributed by atoms with Crippen LogP contribution in [0.1, 0.15) is 52.9 Å². The Kier molecular flexibility index (Phi) is 5.19. The van der Waals surface area contributed by atoms with E-state index in [9.17, 15) is 0 Å². The average molecular weight is 242 g/mol. The van der Waals surface area contributed by atoms with Crippen LogP contribution >= 0.6 is 12.2 Å². The minimum atomic E-state index is 0.00135. The van der Waals surface area contributed by atoms with Crippen LogP contribution in [0.3, 0.4) is 0 Å². The maximum absolute atomic E-state index is 5.76. The molecule has 94 valence electrons. The first-order valence-electron chi connectivity index (χ1n) is 6.47. The molecule has 2 nitrogen and oxygen atoms in total. The van der Waals surface area contributed by atoms with Gasteiger partial charge < -0.3 is 10.6 Å². The first-order valence-corrected chi connectivity index (χ1v) is 6.88. The van der Waals surface area contributed by atoms with E-state index in [1.54, 1.807) is 0 Å². The zero-order chi connectivity index (χ0) is 12.2. The molecule has 0 spiro atoms. The fourth-order valence-corrected chi connectivity index (χ4v) is 2.31. The van der Waals surface area contributed by atoms with Crippen molar-refractivity contribution in [3.8, 4) is 0 Å². The molecule has 0 aliphatic carbocycles. The molecule has 16 heavy (non-hydrogen) atoms. The third-order valence-corrected chi connectivity index (χ3v) is 4.43. The molecule has 2 N–H and O–H groups in total. The van der Waals surface area contributed by atoms with Crippen LogP contribution in [0.4, 0.5) is 0 Å². The molecule has 1 saturated heterocycles. The second kappa shape index (κ2) is 5.97. The van der Waals surface area contributed by atoms with Gasteiger partial charge in [-0.15, -0.1) is 0 Å². The van der Waals surface area contributed by atoms with Crippen molar-refractivity contribution in [3.05, 3.63) is 0 Å². The Labute approximate surface area is 106 Å². The van der Waals surface area contributed by atoms with Crippen LogP contribution in [0.5, 0.6) is 0 Å². The zero-order valence-electron chi connectivity index (χ0n) is 11.0. The molecule has 0 saturated carbocycles. The number of likely N-dealkylation sites (tertiary alicyclic amines) is 1. The lowest BCUT2D eigenvalue weighted by Crippen LogP contribution is -2.38. The summed E-state index contributed by atoms with van der Waals surface area (Å²) in [7, 11) is 0. The smallest absolute Gasteiger partial charge is 0.0784 e. The summed E-state index contributed by atoms with van der Waals surface area (Å²) in [4.78, 5) is 3.25. The highest BCUT2D eigenvalue weighted by Gasteiger charge is 2.24. The second-order valence-electron chi connectivity index (χ2n) is 5.73. The third kappa shape index (κ3) is 4.02. The fourth-order valence-electron chi connectivity index (χ4n) is 2.21. The lowest BCUT2D eigenvalue weighted by Gasteiger charge is -2.31. The topological polar surface area (TPSA) is 29.3 Å². The van der Waals surface area contributed by atoms with Crippen molar-refractivity contribution < 1.29 is 0 Å². The quantitative estimate of drug-likeness (QED) is 0.769. The Balaban J connectivity index is 2.43. The summed E-state index contributed by atoms with van der Waals surface area (Å²) in [6.45, 7) is 9.02. The predicted molar refractivity (Wildman–Crippen MR) is 74.7 cm³/mol. The van der Waals surface area contributed by atoms with Crippen molar-refractivity contribution in [2.75, 3.05) is 13.1 Å². The SMILES string of the molecule is CC1CCCCCN1CCC(C)(C)C(N)=S. The Morgan fingerprint density at radius 2 is 2.06 bits per heavy atom. The highest BCUT2D eigenvalue weighted by atomic mass is 32.1. The molecule has 1 rings (SSSR count). The maximum atomic E-state index is 5.76. The molecule has 1 atom stereocenters. The first kappa shape index (κ1) is 13.9. The normalized spacial score (nSPS) is 24.1. The molecule has 0 amide bonds. The van der Waals surface area contributed by atoms with Gasteiger partial charge in [0.15, 0.2) is 0 Å². The highest BCUT2D eigenvalue weighted by Crippen LogP contribution is 2.23. The highest BCUT2D eigenvalue weighted by molar-refractivity contribution is 7.80. The number of rotatable bonds is 4. The lowest BCUT2D eigenvalue weighted by molar-refractivity contribution is 0.194. The van der Waals surface area contributed by atoms with Crippen molar-refractivity contribution in [2.45, 2.75) is 58.9 Å². The van der Waals surface area contributed by atoms with Crippen LogP contribution in [0, 0.1) is 5.41 Å². The van der Waals surface area contributed by atoms with E-state index in [-0.39, 0.29) is 5.41 Å². The van der Waals surface area contributed by atoms with Gasteiger partial charge in [-0.3, -0.25) is 0 Å². The first-order chi connectivity index (χ1) is 7.43. The summed E-state index contributed by atoms with van der Waals surface area (Å²) < 4.78 is 0. The predicted octanol–water partition coefficient (Wildman–Crippen LogP) is 2.95. The largest absolute Gasteiger partial charge is 0.393 e. The van der Waals surface area contributed by atoms with Crippen molar-refractivity contribution in [2.24, 2.45) is 11.1 Å². The van der Waals surface area contributed by atoms with E-state index in [4.69, 9.17) is 18.0 Å². The Morgan fingerprint density at radius 1 is 1.38 bits per heavy atom. The number of thiocarbonyl (C=S) groups is 1. The van der Waals surface area contributed by atoms with Crippen molar-refractivity contribution in [1.29, 1.82) is 0 Å². The average Bonchev–Trinajstić information content (AvgIpc) is 2.40. The van der Waals surface area contributed by atoms with Gasteiger partial charge in [0.25, 0.3) is 0 Å². The maximum Gasteiger partial charge on any atom is 0.0784 e. The van der Waals surface area contributed by atoms with E-state index in [1.807, 2.05) is 0 Å². The fraction of sp³-hybridized carbons (Fsp3) is 0.923. The summed E-state index contributed by atoms with van der Waals surface area (Å²) >= 11 is 5.11. The molecule has 0 aromatic carbocycles. The Bertz CT molecular complexity index is 238. The van der Waals surface area contributed by atoms with Gasteiger partial charge in [0.05, 0.1) is 4.99 Å². The van der Waals surface area contributed by atoms with Gasteiger partial charge in [-0.2, -0.15) is 0 Å². The van der Waals surface area contributed by atoms with Gasteiger partial charge in [0.1, 0.15) is 0 Å². The van der Waals surface area contributed by atoms with Gasteiger partial charge in [-0.1, -0.05) is 38.9 Å². The van der Waals surface area contributed by atoms with Crippen LogP contribution < -0.4 is 5.73 Å². The molecule has 0 radical (unpaired) electrons. The Hall–Kier alpha value is -0.150. The standard InChI is InChI=1S/C13H26N2S/c1-11-7-5-4-6-9-15(11)10-8-13(2,3)12(14)16/h11H,4-10H2,1-3H3,(H2,14,16). The summed E-state index contributed by atoms with van der Waals surface area (Å²) in [6, 6.07) is 0.727. The molecular formula is C13H26N2S. The molecule has 1 aliphatic heterocycles.